The normalized spacial score (nSPS) is 11.2. The number of alkyl halides is 2. The van der Waals surface area contributed by atoms with Crippen molar-refractivity contribution in [3.63, 3.8) is 0 Å². The van der Waals surface area contributed by atoms with Crippen LogP contribution in [0.3, 0.4) is 0 Å². The Labute approximate surface area is 136 Å². The zero-order valence-corrected chi connectivity index (χ0v) is 13.0. The van der Waals surface area contributed by atoms with Crippen LogP contribution in [-0.2, 0) is 6.54 Å². The number of aryl methyl sites for hydroxylation is 1. The molecule has 118 valence electrons. The summed E-state index contributed by atoms with van der Waals surface area (Å²) in [4.78, 5) is 4.15. The number of hydrogen-bond acceptors (Lipinski definition) is 3. The van der Waals surface area contributed by atoms with E-state index >= 15 is 0 Å². The van der Waals surface area contributed by atoms with Crippen LogP contribution in [-0.4, -0.2) is 19.7 Å². The molecule has 0 N–H and O–H groups in total. The van der Waals surface area contributed by atoms with E-state index in [0.717, 1.165) is 11.5 Å². The fraction of sp³-hybridized carbons (Fsp3) is 0.188. The molecule has 2 aromatic heterocycles. The average Bonchev–Trinajstić information content (AvgIpc) is 2.93. The molecule has 0 amide bonds. The average molecular weight is 335 g/mol. The summed E-state index contributed by atoms with van der Waals surface area (Å²) in [5.41, 5.74) is 1.87. The maximum Gasteiger partial charge on any atom is 0.265 e. The number of rotatable bonds is 4. The summed E-state index contributed by atoms with van der Waals surface area (Å²) in [7, 11) is 0. The minimum Gasteiger partial charge on any atom is -0.329 e. The summed E-state index contributed by atoms with van der Waals surface area (Å²) in [5.74, 6) is 0.865. The van der Waals surface area contributed by atoms with Gasteiger partial charge in [0.2, 0.25) is 0 Å². The van der Waals surface area contributed by atoms with E-state index in [9.17, 15) is 8.78 Å². The molecule has 1 aromatic carbocycles. The molecule has 0 spiro atoms. The number of nitrogens with zero attached hydrogens (tertiary/aromatic N) is 4. The van der Waals surface area contributed by atoms with Gasteiger partial charge >= 0.3 is 0 Å². The molecule has 0 radical (unpaired) electrons. The van der Waals surface area contributed by atoms with Gasteiger partial charge in [-0.3, -0.25) is 0 Å². The van der Waals surface area contributed by atoms with Crippen molar-refractivity contribution in [3.05, 3.63) is 65.0 Å². The Morgan fingerprint density at radius 2 is 2.04 bits per heavy atom. The van der Waals surface area contributed by atoms with Gasteiger partial charge in [0.1, 0.15) is 5.82 Å². The maximum atomic E-state index is 13.0. The zero-order valence-electron chi connectivity index (χ0n) is 12.2. The molecule has 0 fully saturated rings. The van der Waals surface area contributed by atoms with Crippen LogP contribution in [0.5, 0.6) is 0 Å². The Kier molecular flexibility index (Phi) is 4.34. The molecule has 0 bridgehead atoms. The van der Waals surface area contributed by atoms with Crippen LogP contribution in [0.25, 0.3) is 11.1 Å². The van der Waals surface area contributed by atoms with Crippen molar-refractivity contribution in [1.82, 2.24) is 19.7 Å². The van der Waals surface area contributed by atoms with Crippen LogP contribution in [0.1, 0.15) is 23.5 Å². The molecule has 0 aliphatic carbocycles. The Bertz CT molecular complexity index is 832. The van der Waals surface area contributed by atoms with Crippen LogP contribution in [0.15, 0.2) is 42.9 Å². The minimum atomic E-state index is -2.62. The monoisotopic (exact) mass is 334 g/mol. The standard InChI is InChI=1S/C16H13ClF2N4/c1-10-20-4-5-23(10)9-13-6-12(8-21-22-13)11-2-3-15(17)14(7-11)16(18)19/h2-8,16H,9H2,1H3. The lowest BCUT2D eigenvalue weighted by Crippen LogP contribution is -2.04. The van der Waals surface area contributed by atoms with Gasteiger partial charge in [-0.25, -0.2) is 13.8 Å². The third-order valence-electron chi connectivity index (χ3n) is 3.53. The van der Waals surface area contributed by atoms with Crippen molar-refractivity contribution in [2.75, 3.05) is 0 Å². The van der Waals surface area contributed by atoms with E-state index in [1.165, 1.54) is 12.1 Å². The lowest BCUT2D eigenvalue weighted by atomic mass is 10.0. The van der Waals surface area contributed by atoms with Gasteiger partial charge in [0.05, 0.1) is 18.4 Å². The number of halogens is 3. The van der Waals surface area contributed by atoms with Crippen molar-refractivity contribution >= 4 is 11.6 Å². The van der Waals surface area contributed by atoms with Gasteiger partial charge in [0.25, 0.3) is 6.43 Å². The van der Waals surface area contributed by atoms with Gasteiger partial charge in [-0.05, 0) is 30.7 Å². The van der Waals surface area contributed by atoms with Crippen molar-refractivity contribution in [1.29, 1.82) is 0 Å². The van der Waals surface area contributed by atoms with Gasteiger partial charge in [-0.15, -0.1) is 0 Å². The first kappa shape index (κ1) is 15.6. The summed E-state index contributed by atoms with van der Waals surface area (Å²) < 4.78 is 27.9. The summed E-state index contributed by atoms with van der Waals surface area (Å²) in [6.45, 7) is 2.41. The molecule has 0 aliphatic heterocycles. The lowest BCUT2D eigenvalue weighted by Gasteiger charge is -2.09. The lowest BCUT2D eigenvalue weighted by molar-refractivity contribution is 0.151. The second-order valence-corrected chi connectivity index (χ2v) is 5.48. The third-order valence-corrected chi connectivity index (χ3v) is 3.87. The summed E-state index contributed by atoms with van der Waals surface area (Å²) in [6.07, 6.45) is 2.48. The van der Waals surface area contributed by atoms with Crippen LogP contribution >= 0.6 is 11.6 Å². The molecule has 0 saturated carbocycles. The minimum absolute atomic E-state index is 0.0556. The third kappa shape index (κ3) is 3.37. The molecule has 0 atom stereocenters. The van der Waals surface area contributed by atoms with Gasteiger partial charge < -0.3 is 4.57 Å². The van der Waals surface area contributed by atoms with Gasteiger partial charge in [-0.1, -0.05) is 17.7 Å². The molecule has 3 rings (SSSR count). The fourth-order valence-electron chi connectivity index (χ4n) is 2.28. The van der Waals surface area contributed by atoms with E-state index in [-0.39, 0.29) is 10.6 Å². The summed E-state index contributed by atoms with van der Waals surface area (Å²) in [6, 6.07) is 6.37. The topological polar surface area (TPSA) is 43.6 Å². The van der Waals surface area contributed by atoms with Gasteiger partial charge in [0, 0.05) is 28.5 Å². The first-order chi connectivity index (χ1) is 11.0. The molecule has 23 heavy (non-hydrogen) atoms. The highest BCUT2D eigenvalue weighted by molar-refractivity contribution is 6.31. The summed E-state index contributed by atoms with van der Waals surface area (Å²) in [5, 5.41) is 8.10. The van der Waals surface area contributed by atoms with E-state index in [1.54, 1.807) is 18.5 Å². The van der Waals surface area contributed by atoms with Crippen molar-refractivity contribution in [2.24, 2.45) is 0 Å². The molecule has 2 heterocycles. The van der Waals surface area contributed by atoms with Crippen LogP contribution in [0.2, 0.25) is 5.02 Å². The Balaban J connectivity index is 1.94. The second-order valence-electron chi connectivity index (χ2n) is 5.07. The fourth-order valence-corrected chi connectivity index (χ4v) is 2.48. The van der Waals surface area contributed by atoms with E-state index in [1.807, 2.05) is 23.8 Å². The number of imidazole rings is 1. The smallest absolute Gasteiger partial charge is 0.265 e. The second kappa shape index (κ2) is 6.42. The SMILES string of the molecule is Cc1nccn1Cc1cc(-c2ccc(Cl)c(C(F)F)c2)cnn1. The molecular weight excluding hydrogens is 322 g/mol. The van der Waals surface area contributed by atoms with Crippen molar-refractivity contribution in [3.8, 4) is 11.1 Å². The van der Waals surface area contributed by atoms with E-state index in [0.29, 0.717) is 17.7 Å². The first-order valence-corrected chi connectivity index (χ1v) is 7.29. The van der Waals surface area contributed by atoms with Gasteiger partial charge in [0.15, 0.2) is 0 Å². The predicted octanol–water partition coefficient (Wildman–Crippen LogP) is 4.29. The number of hydrogen-bond donors (Lipinski definition) is 0. The van der Waals surface area contributed by atoms with E-state index in [2.05, 4.69) is 15.2 Å². The molecule has 0 saturated heterocycles. The quantitative estimate of drug-likeness (QED) is 0.715. The maximum absolute atomic E-state index is 13.0. The Morgan fingerprint density at radius 3 is 2.74 bits per heavy atom. The van der Waals surface area contributed by atoms with E-state index < -0.39 is 6.43 Å². The zero-order chi connectivity index (χ0) is 16.4. The first-order valence-electron chi connectivity index (χ1n) is 6.92. The summed E-state index contributed by atoms with van der Waals surface area (Å²) >= 11 is 5.80. The van der Waals surface area contributed by atoms with Crippen molar-refractivity contribution in [2.45, 2.75) is 19.9 Å². The van der Waals surface area contributed by atoms with Gasteiger partial charge in [-0.2, -0.15) is 10.2 Å². The Hall–Kier alpha value is -2.34. The molecule has 4 nitrogen and oxygen atoms in total. The van der Waals surface area contributed by atoms with Crippen LogP contribution < -0.4 is 0 Å². The Morgan fingerprint density at radius 1 is 1.22 bits per heavy atom. The largest absolute Gasteiger partial charge is 0.329 e. The molecule has 0 aliphatic rings. The van der Waals surface area contributed by atoms with Crippen molar-refractivity contribution < 1.29 is 8.78 Å². The highest BCUT2D eigenvalue weighted by atomic mass is 35.5. The molecule has 3 aromatic rings. The van der Waals surface area contributed by atoms with Crippen LogP contribution in [0, 0.1) is 6.92 Å². The van der Waals surface area contributed by atoms with Crippen LogP contribution in [0.4, 0.5) is 8.78 Å². The number of aromatic nitrogens is 4. The highest BCUT2D eigenvalue weighted by Gasteiger charge is 2.13. The highest BCUT2D eigenvalue weighted by Crippen LogP contribution is 2.31. The molecule has 7 heteroatoms. The molecule has 0 unspecified atom stereocenters. The number of benzene rings is 1. The molecular formula is C16H13ClF2N4. The predicted molar refractivity (Wildman–Crippen MR) is 83.5 cm³/mol. The van der Waals surface area contributed by atoms with E-state index in [4.69, 9.17) is 11.6 Å².